The fraction of sp³-hybridized carbons (Fsp3) is 0. The maximum Gasteiger partial charge on any atom is 0.277 e. The summed E-state index contributed by atoms with van der Waals surface area (Å²) < 4.78 is 0. The van der Waals surface area contributed by atoms with Gasteiger partial charge in [-0.2, -0.15) is 0 Å². The highest BCUT2D eigenvalue weighted by Gasteiger charge is 2.17. The smallest absolute Gasteiger partial charge is 0.277 e. The summed E-state index contributed by atoms with van der Waals surface area (Å²) in [7, 11) is 0. The molecule has 4 rings (SSSR count). The Labute approximate surface area is 166 Å². The van der Waals surface area contributed by atoms with Crippen LogP contribution in [-0.2, 0) is 0 Å². The normalized spacial score (nSPS) is 10.7. The lowest BCUT2D eigenvalue weighted by atomic mass is 10.3. The first-order chi connectivity index (χ1) is 13.3. The van der Waals surface area contributed by atoms with E-state index in [9.17, 15) is 4.79 Å². The van der Waals surface area contributed by atoms with Crippen molar-refractivity contribution in [1.29, 1.82) is 0 Å². The minimum absolute atomic E-state index is 0.309. The van der Waals surface area contributed by atoms with Gasteiger partial charge in [-0.05, 0) is 36.0 Å². The Balaban J connectivity index is 1.65. The second kappa shape index (κ2) is 8.29. The van der Waals surface area contributed by atoms with E-state index in [0.717, 1.165) is 9.79 Å². The molecule has 2 N–H and O–H groups in total. The van der Waals surface area contributed by atoms with Crippen LogP contribution >= 0.6 is 34.9 Å². The fourth-order valence-electron chi connectivity index (χ4n) is 2.05. The molecule has 11 heteroatoms. The van der Waals surface area contributed by atoms with E-state index in [1.54, 1.807) is 24.0 Å². The largest absolute Gasteiger partial charge is 0.322 e. The highest BCUT2D eigenvalue weighted by molar-refractivity contribution is 7.99. The summed E-state index contributed by atoms with van der Waals surface area (Å²) >= 11 is 4.07. The second-order valence-corrected chi connectivity index (χ2v) is 7.99. The molecule has 0 radical (unpaired) electrons. The van der Waals surface area contributed by atoms with Gasteiger partial charge >= 0.3 is 0 Å². The van der Waals surface area contributed by atoms with E-state index in [1.165, 1.54) is 41.2 Å². The molecule has 0 bridgehead atoms. The van der Waals surface area contributed by atoms with Gasteiger partial charge in [-0.15, -0.1) is 21.5 Å². The molecule has 0 aliphatic rings. The number of H-pyrrole nitrogens is 1. The summed E-state index contributed by atoms with van der Waals surface area (Å²) in [4.78, 5) is 30.1. The zero-order valence-corrected chi connectivity index (χ0v) is 16.0. The number of carbonyl (C=O) groups excluding carboxylic acids is 1. The van der Waals surface area contributed by atoms with E-state index in [2.05, 4.69) is 35.5 Å². The first-order valence-electron chi connectivity index (χ1n) is 7.61. The maximum atomic E-state index is 12.8. The van der Waals surface area contributed by atoms with Gasteiger partial charge in [0.05, 0.1) is 0 Å². The first-order valence-corrected chi connectivity index (χ1v) is 10.1. The Kier molecular flexibility index (Phi) is 5.42. The van der Waals surface area contributed by atoms with Gasteiger partial charge in [-0.3, -0.25) is 15.1 Å². The number of thiazole rings is 1. The Morgan fingerprint density at radius 3 is 2.89 bits per heavy atom. The minimum Gasteiger partial charge on any atom is -0.322 e. The Morgan fingerprint density at radius 2 is 2.15 bits per heavy atom. The van der Waals surface area contributed by atoms with E-state index >= 15 is 0 Å². The third-order valence-electron chi connectivity index (χ3n) is 3.16. The van der Waals surface area contributed by atoms with Crippen molar-refractivity contribution in [1.82, 2.24) is 30.1 Å². The highest BCUT2D eigenvalue weighted by atomic mass is 32.2. The summed E-state index contributed by atoms with van der Waals surface area (Å²) in [6.45, 7) is 0. The van der Waals surface area contributed by atoms with Crippen LogP contribution in [0.5, 0.6) is 0 Å². The number of amides is 1. The van der Waals surface area contributed by atoms with Crippen molar-refractivity contribution >= 4 is 45.9 Å². The second-order valence-electron chi connectivity index (χ2n) is 4.97. The molecule has 4 heterocycles. The monoisotopic (exact) mass is 413 g/mol. The quantitative estimate of drug-likeness (QED) is 0.493. The van der Waals surface area contributed by atoms with E-state index in [4.69, 9.17) is 0 Å². The topological polar surface area (TPSA) is 109 Å². The maximum absolute atomic E-state index is 12.8. The van der Waals surface area contributed by atoms with Crippen LogP contribution in [0.2, 0.25) is 0 Å². The van der Waals surface area contributed by atoms with Crippen molar-refractivity contribution in [2.45, 2.75) is 20.0 Å². The van der Waals surface area contributed by atoms with Gasteiger partial charge in [0, 0.05) is 33.8 Å². The summed E-state index contributed by atoms with van der Waals surface area (Å²) in [6, 6.07) is 7.47. The number of aromatic nitrogens is 6. The average Bonchev–Trinajstić information content (AvgIpc) is 3.38. The highest BCUT2D eigenvalue weighted by Crippen LogP contribution is 2.32. The van der Waals surface area contributed by atoms with E-state index in [-0.39, 0.29) is 5.91 Å². The third kappa shape index (κ3) is 4.51. The summed E-state index contributed by atoms with van der Waals surface area (Å²) in [5.74, 6) is -0.323. The summed E-state index contributed by atoms with van der Waals surface area (Å²) in [5.41, 5.74) is 0.309. The number of aromatic amines is 1. The van der Waals surface area contributed by atoms with Crippen molar-refractivity contribution in [2.24, 2.45) is 0 Å². The van der Waals surface area contributed by atoms with Crippen LogP contribution in [0.4, 0.5) is 5.13 Å². The molecule has 1 amide bonds. The molecule has 8 nitrogen and oxygen atoms in total. The molecular formula is C16H11N7OS3. The van der Waals surface area contributed by atoms with Gasteiger partial charge in [0.2, 0.25) is 0 Å². The van der Waals surface area contributed by atoms with Crippen molar-refractivity contribution < 1.29 is 4.79 Å². The number of carbonyl (C=O) groups is 1. The number of anilines is 1. The number of rotatable bonds is 6. The molecule has 0 unspecified atom stereocenters. The predicted octanol–water partition coefficient (Wildman–Crippen LogP) is 3.61. The molecule has 0 saturated heterocycles. The van der Waals surface area contributed by atoms with Crippen molar-refractivity contribution in [2.75, 3.05) is 5.32 Å². The van der Waals surface area contributed by atoms with Crippen molar-refractivity contribution in [3.63, 3.8) is 0 Å². The molecule has 0 aliphatic carbocycles. The number of nitrogens with one attached hydrogen (secondary N) is 2. The molecular weight excluding hydrogens is 402 g/mol. The standard InChI is InChI=1S/C16H11N7OS3/c24-14(22-15-18-6-7-25-15)13-11(26-10-2-1-5-17-8-10)3-4-12(21-13)27-16-19-9-20-23-16/h1-9H,(H,18,22,24)(H,19,20,23). The lowest BCUT2D eigenvalue weighted by Gasteiger charge is -2.09. The number of pyridine rings is 2. The SMILES string of the molecule is O=C(Nc1nccs1)c1nc(Sc2nnc[nH]2)ccc1Sc1cccnc1. The van der Waals surface area contributed by atoms with Crippen LogP contribution in [-0.4, -0.2) is 36.0 Å². The third-order valence-corrected chi connectivity index (χ3v) is 5.70. The van der Waals surface area contributed by atoms with E-state index < -0.39 is 0 Å². The molecule has 4 aromatic heterocycles. The molecule has 4 aromatic rings. The predicted molar refractivity (Wildman–Crippen MR) is 103 cm³/mol. The summed E-state index contributed by atoms with van der Waals surface area (Å²) in [6.07, 6.45) is 6.57. The first kappa shape index (κ1) is 17.6. The molecule has 0 aliphatic heterocycles. The molecule has 0 atom stereocenters. The lowest BCUT2D eigenvalue weighted by molar-refractivity contribution is 0.101. The molecule has 27 heavy (non-hydrogen) atoms. The Bertz CT molecular complexity index is 1020. The van der Waals surface area contributed by atoms with Gasteiger partial charge in [-0.1, -0.05) is 11.8 Å². The zero-order valence-electron chi connectivity index (χ0n) is 13.6. The van der Waals surface area contributed by atoms with Crippen molar-refractivity contribution in [3.05, 3.63) is 60.3 Å². The molecule has 134 valence electrons. The van der Waals surface area contributed by atoms with Crippen molar-refractivity contribution in [3.8, 4) is 0 Å². The lowest BCUT2D eigenvalue weighted by Crippen LogP contribution is -2.15. The van der Waals surface area contributed by atoms with Crippen LogP contribution in [0.1, 0.15) is 10.5 Å². The van der Waals surface area contributed by atoms with Gasteiger partial charge in [0.15, 0.2) is 10.3 Å². The van der Waals surface area contributed by atoms with E-state index in [1.807, 2.05) is 24.3 Å². The van der Waals surface area contributed by atoms with Gasteiger partial charge in [0.1, 0.15) is 17.0 Å². The van der Waals surface area contributed by atoms with Crippen LogP contribution in [0.3, 0.4) is 0 Å². The number of nitrogens with zero attached hydrogens (tertiary/aromatic N) is 5. The van der Waals surface area contributed by atoms with Crippen LogP contribution in [0.25, 0.3) is 0 Å². The average molecular weight is 414 g/mol. The number of hydrogen-bond acceptors (Lipinski definition) is 9. The van der Waals surface area contributed by atoms with Gasteiger partial charge in [0.25, 0.3) is 5.91 Å². The molecule has 0 aromatic carbocycles. The zero-order chi connectivity index (χ0) is 18.5. The summed E-state index contributed by atoms with van der Waals surface area (Å²) in [5, 5.41) is 14.0. The van der Waals surface area contributed by atoms with Crippen LogP contribution < -0.4 is 5.32 Å². The minimum atomic E-state index is -0.323. The number of hydrogen-bond donors (Lipinski definition) is 2. The Morgan fingerprint density at radius 1 is 1.19 bits per heavy atom. The molecule has 0 saturated carbocycles. The van der Waals surface area contributed by atoms with Crippen LogP contribution in [0.15, 0.2) is 74.5 Å². The van der Waals surface area contributed by atoms with Gasteiger partial charge in [-0.25, -0.2) is 9.97 Å². The van der Waals surface area contributed by atoms with E-state index in [0.29, 0.717) is 21.0 Å². The van der Waals surface area contributed by atoms with Crippen LogP contribution in [0, 0.1) is 0 Å². The fourth-order valence-corrected chi connectivity index (χ4v) is 4.13. The molecule has 0 spiro atoms. The Hall–Kier alpha value is -2.76. The molecule has 0 fully saturated rings. The van der Waals surface area contributed by atoms with Gasteiger partial charge < -0.3 is 4.98 Å².